The number of carbonyl (C=O) groups excluding carboxylic acids is 1. The third-order valence-electron chi connectivity index (χ3n) is 2.36. The minimum atomic E-state index is -1.11. The molecule has 1 aliphatic rings. The summed E-state index contributed by atoms with van der Waals surface area (Å²) < 4.78 is 32.2. The van der Waals surface area contributed by atoms with E-state index in [1.54, 1.807) is 0 Å². The van der Waals surface area contributed by atoms with Gasteiger partial charge in [0.25, 0.3) is 0 Å². The van der Waals surface area contributed by atoms with Crippen molar-refractivity contribution < 1.29 is 22.4 Å². The van der Waals surface area contributed by atoms with Crippen molar-refractivity contribution in [1.29, 1.82) is 0 Å². The fraction of sp³-hybridized carbons (Fsp3) is 0.556. The number of rotatable bonds is 3. The van der Waals surface area contributed by atoms with Crippen LogP contribution < -0.4 is 0 Å². The van der Waals surface area contributed by atoms with Crippen molar-refractivity contribution in [3.63, 3.8) is 0 Å². The maximum atomic E-state index is 11.5. The van der Waals surface area contributed by atoms with Gasteiger partial charge in [0.05, 0.1) is 13.5 Å². The fourth-order valence-electron chi connectivity index (χ4n) is 1.48. The van der Waals surface area contributed by atoms with Gasteiger partial charge in [-0.05, 0) is 0 Å². The zero-order valence-corrected chi connectivity index (χ0v) is 10.7. The summed E-state index contributed by atoms with van der Waals surface area (Å²) in [5.41, 5.74) is 0.0667. The Labute approximate surface area is 103 Å². The predicted molar refractivity (Wildman–Crippen MR) is 61.4 cm³/mol. The van der Waals surface area contributed by atoms with Gasteiger partial charge in [-0.15, -0.1) is 0 Å². The molecule has 0 amide bonds. The monoisotopic (exact) mass is 277 g/mol. The van der Waals surface area contributed by atoms with E-state index in [1.807, 2.05) is 0 Å². The maximum Gasteiger partial charge on any atom is 0.360 e. The third-order valence-corrected chi connectivity index (χ3v) is 6.63. The Kier molecular flexibility index (Phi) is 3.72. The standard InChI is InChI=1S/C9H11NO5S2/c1-14-9(11)6-5-15-7(10-6)4-8-16(12)2-3-17(8)13/h5,8H,2-4H2,1H3. The Morgan fingerprint density at radius 3 is 2.76 bits per heavy atom. The van der Waals surface area contributed by atoms with E-state index in [-0.39, 0.29) is 18.0 Å². The zero-order chi connectivity index (χ0) is 12.4. The Bertz CT molecular complexity index is 467. The van der Waals surface area contributed by atoms with Crippen molar-refractivity contribution in [2.45, 2.75) is 11.0 Å². The summed E-state index contributed by atoms with van der Waals surface area (Å²) in [7, 11) is -0.974. The summed E-state index contributed by atoms with van der Waals surface area (Å²) in [5, 5.41) is 0. The van der Waals surface area contributed by atoms with E-state index in [9.17, 15) is 13.2 Å². The van der Waals surface area contributed by atoms with Crippen LogP contribution in [0, 0.1) is 0 Å². The van der Waals surface area contributed by atoms with E-state index in [0.29, 0.717) is 11.5 Å². The van der Waals surface area contributed by atoms with E-state index in [0.717, 1.165) is 0 Å². The molecule has 1 saturated heterocycles. The van der Waals surface area contributed by atoms with Crippen LogP contribution in [0.3, 0.4) is 0 Å². The van der Waals surface area contributed by atoms with Crippen molar-refractivity contribution >= 4 is 27.6 Å². The summed E-state index contributed by atoms with van der Waals surface area (Å²) in [6, 6.07) is 0. The fourth-order valence-corrected chi connectivity index (χ4v) is 5.51. The van der Waals surface area contributed by atoms with Gasteiger partial charge in [-0.25, -0.2) is 9.78 Å². The van der Waals surface area contributed by atoms with E-state index in [4.69, 9.17) is 4.42 Å². The molecular formula is C9H11NO5S2. The Balaban J connectivity index is 2.09. The number of esters is 1. The molecule has 1 aliphatic heterocycles. The van der Waals surface area contributed by atoms with Crippen molar-refractivity contribution in [1.82, 2.24) is 4.98 Å². The van der Waals surface area contributed by atoms with Gasteiger partial charge in [0.15, 0.2) is 11.6 Å². The molecular weight excluding hydrogens is 266 g/mol. The van der Waals surface area contributed by atoms with Gasteiger partial charge in [-0.3, -0.25) is 8.42 Å². The number of oxazole rings is 1. The van der Waals surface area contributed by atoms with Gasteiger partial charge in [0.2, 0.25) is 0 Å². The number of carbonyl (C=O) groups is 1. The van der Waals surface area contributed by atoms with Gasteiger partial charge in [0, 0.05) is 33.1 Å². The maximum absolute atomic E-state index is 11.5. The van der Waals surface area contributed by atoms with Crippen LogP contribution in [0.5, 0.6) is 0 Å². The molecule has 8 heteroatoms. The molecule has 0 aromatic carbocycles. The smallest absolute Gasteiger partial charge is 0.360 e. The molecule has 0 radical (unpaired) electrons. The highest BCUT2D eigenvalue weighted by molar-refractivity contribution is 8.06. The summed E-state index contributed by atoms with van der Waals surface area (Å²) in [5.74, 6) is 0.566. The van der Waals surface area contributed by atoms with Gasteiger partial charge in [0.1, 0.15) is 10.8 Å². The average molecular weight is 277 g/mol. The number of hydrogen-bond donors (Lipinski definition) is 0. The first-order valence-electron chi connectivity index (χ1n) is 4.89. The summed E-state index contributed by atoms with van der Waals surface area (Å²) in [6.07, 6.45) is 1.40. The molecule has 1 aromatic heterocycles. The molecule has 1 aromatic rings. The molecule has 2 rings (SSSR count). The molecule has 0 saturated carbocycles. The second kappa shape index (κ2) is 5.09. The Morgan fingerprint density at radius 1 is 1.53 bits per heavy atom. The highest BCUT2D eigenvalue weighted by Crippen LogP contribution is 2.17. The van der Waals surface area contributed by atoms with Crippen LogP contribution in [0.1, 0.15) is 16.4 Å². The first kappa shape index (κ1) is 12.4. The topological polar surface area (TPSA) is 86.5 Å². The number of hydrogen-bond acceptors (Lipinski definition) is 6. The summed E-state index contributed by atoms with van der Waals surface area (Å²) >= 11 is 0. The van der Waals surface area contributed by atoms with Crippen LogP contribution in [0.4, 0.5) is 0 Å². The van der Waals surface area contributed by atoms with Gasteiger partial charge in [-0.1, -0.05) is 0 Å². The molecule has 0 bridgehead atoms. The SMILES string of the molecule is COC(=O)c1coc(CC2S(=O)CCS2=O)n1. The zero-order valence-electron chi connectivity index (χ0n) is 9.08. The molecule has 94 valence electrons. The number of nitrogens with zero attached hydrogens (tertiary/aromatic N) is 1. The highest BCUT2D eigenvalue weighted by atomic mass is 32.3. The number of ether oxygens (including phenoxy) is 1. The molecule has 0 spiro atoms. The summed E-state index contributed by atoms with van der Waals surface area (Å²) in [6.45, 7) is 0. The Morgan fingerprint density at radius 2 is 2.18 bits per heavy atom. The first-order chi connectivity index (χ1) is 8.11. The van der Waals surface area contributed by atoms with Crippen LogP contribution in [-0.2, 0) is 32.8 Å². The van der Waals surface area contributed by atoms with Crippen molar-refractivity contribution in [2.24, 2.45) is 0 Å². The molecule has 2 heterocycles. The predicted octanol–water partition coefficient (Wildman–Crippen LogP) is -0.159. The molecule has 1 fully saturated rings. The van der Waals surface area contributed by atoms with Crippen LogP contribution in [0.2, 0.25) is 0 Å². The van der Waals surface area contributed by atoms with E-state index in [1.165, 1.54) is 13.4 Å². The van der Waals surface area contributed by atoms with Gasteiger partial charge in [-0.2, -0.15) is 0 Å². The van der Waals surface area contributed by atoms with Crippen LogP contribution in [0.15, 0.2) is 10.7 Å². The molecule has 0 N–H and O–H groups in total. The molecule has 17 heavy (non-hydrogen) atoms. The number of aromatic nitrogens is 1. The minimum absolute atomic E-state index is 0.0667. The van der Waals surface area contributed by atoms with Crippen molar-refractivity contribution in [2.75, 3.05) is 18.6 Å². The van der Waals surface area contributed by atoms with E-state index < -0.39 is 32.2 Å². The lowest BCUT2D eigenvalue weighted by Crippen LogP contribution is -2.17. The molecule has 2 unspecified atom stereocenters. The van der Waals surface area contributed by atoms with Crippen molar-refractivity contribution in [3.8, 4) is 0 Å². The van der Waals surface area contributed by atoms with Crippen LogP contribution in [-0.4, -0.2) is 42.6 Å². The lowest BCUT2D eigenvalue weighted by molar-refractivity contribution is 0.0594. The summed E-state index contributed by atoms with van der Waals surface area (Å²) in [4.78, 5) is 15.0. The van der Waals surface area contributed by atoms with E-state index >= 15 is 0 Å². The van der Waals surface area contributed by atoms with Crippen LogP contribution in [0.25, 0.3) is 0 Å². The first-order valence-corrected chi connectivity index (χ1v) is 7.65. The molecule has 0 aliphatic carbocycles. The second-order valence-electron chi connectivity index (χ2n) is 3.42. The normalized spacial score (nSPS) is 28.2. The van der Waals surface area contributed by atoms with E-state index in [2.05, 4.69) is 9.72 Å². The van der Waals surface area contributed by atoms with Crippen LogP contribution >= 0.6 is 0 Å². The average Bonchev–Trinajstić information content (AvgIpc) is 2.90. The molecule has 6 nitrogen and oxygen atoms in total. The largest absolute Gasteiger partial charge is 0.464 e. The second-order valence-corrected chi connectivity index (χ2v) is 7.20. The lowest BCUT2D eigenvalue weighted by atomic mass is 10.4. The third kappa shape index (κ3) is 2.63. The van der Waals surface area contributed by atoms with Crippen molar-refractivity contribution in [3.05, 3.63) is 17.8 Å². The molecule has 2 atom stereocenters. The Hall–Kier alpha value is -1.02. The van der Waals surface area contributed by atoms with Gasteiger partial charge >= 0.3 is 5.97 Å². The lowest BCUT2D eigenvalue weighted by Gasteiger charge is -2.02. The highest BCUT2D eigenvalue weighted by Gasteiger charge is 2.32. The van der Waals surface area contributed by atoms with Gasteiger partial charge < -0.3 is 9.15 Å². The number of methoxy groups -OCH3 is 1. The quantitative estimate of drug-likeness (QED) is 0.714. The minimum Gasteiger partial charge on any atom is -0.464 e.